The third-order valence-electron chi connectivity index (χ3n) is 6.11. The Balaban J connectivity index is 1.47. The lowest BCUT2D eigenvalue weighted by atomic mass is 9.63. The summed E-state index contributed by atoms with van der Waals surface area (Å²) in [5, 5.41) is 12.8. The van der Waals surface area contributed by atoms with E-state index in [1.165, 1.54) is 50.5 Å². The highest BCUT2D eigenvalue weighted by atomic mass is 15.0. The number of nitriles is 1. The lowest BCUT2D eigenvalue weighted by molar-refractivity contribution is 0.0719. The summed E-state index contributed by atoms with van der Waals surface area (Å²) in [6.07, 6.45) is 10.1. The summed E-state index contributed by atoms with van der Waals surface area (Å²) in [5.41, 5.74) is 2.48. The van der Waals surface area contributed by atoms with Crippen molar-refractivity contribution in [3.63, 3.8) is 0 Å². The van der Waals surface area contributed by atoms with E-state index in [9.17, 15) is 0 Å². The van der Waals surface area contributed by atoms with Crippen LogP contribution in [0.25, 0.3) is 0 Å². The van der Waals surface area contributed by atoms with Crippen LogP contribution in [0, 0.1) is 29.1 Å². The van der Waals surface area contributed by atoms with Crippen LogP contribution in [0.15, 0.2) is 24.3 Å². The summed E-state index contributed by atoms with van der Waals surface area (Å²) < 4.78 is 0. The summed E-state index contributed by atoms with van der Waals surface area (Å²) in [7, 11) is 0. The highest BCUT2D eigenvalue weighted by Gasteiger charge is 2.47. The molecule has 0 aliphatic heterocycles. The van der Waals surface area contributed by atoms with Gasteiger partial charge in [-0.25, -0.2) is 0 Å². The number of hydrogen-bond acceptors (Lipinski definition) is 2. The third-order valence-corrected chi connectivity index (χ3v) is 6.11. The van der Waals surface area contributed by atoms with Crippen LogP contribution in [0.3, 0.4) is 0 Å². The smallest absolute Gasteiger partial charge is 0.0991 e. The molecule has 0 amide bonds. The van der Waals surface area contributed by atoms with Crippen molar-refractivity contribution in [1.82, 2.24) is 5.32 Å². The maximum absolute atomic E-state index is 8.88. The number of hydrogen-bond donors (Lipinski definition) is 1. The van der Waals surface area contributed by atoms with Crippen molar-refractivity contribution in [2.45, 2.75) is 57.0 Å². The van der Waals surface area contributed by atoms with Gasteiger partial charge in [0.15, 0.2) is 0 Å². The van der Waals surface area contributed by atoms with Gasteiger partial charge in [-0.2, -0.15) is 5.26 Å². The Morgan fingerprint density at radius 1 is 1.00 bits per heavy atom. The van der Waals surface area contributed by atoms with Crippen LogP contribution in [0.4, 0.5) is 0 Å². The quantitative estimate of drug-likeness (QED) is 0.908. The molecule has 4 aliphatic carbocycles. The van der Waals surface area contributed by atoms with Gasteiger partial charge in [0.2, 0.25) is 0 Å². The molecule has 1 aromatic carbocycles. The molecule has 4 aliphatic rings. The van der Waals surface area contributed by atoms with E-state index in [1.54, 1.807) is 0 Å². The molecule has 4 bridgehead atoms. The predicted molar refractivity (Wildman–Crippen MR) is 83.5 cm³/mol. The predicted octanol–water partition coefficient (Wildman–Crippen LogP) is 4.01. The van der Waals surface area contributed by atoms with Crippen molar-refractivity contribution in [3.05, 3.63) is 35.4 Å². The van der Waals surface area contributed by atoms with E-state index in [0.717, 1.165) is 29.9 Å². The van der Waals surface area contributed by atoms with Crippen LogP contribution < -0.4 is 5.32 Å². The second kappa shape index (κ2) is 5.14. The number of benzene rings is 1. The molecule has 1 N–H and O–H groups in total. The Labute approximate surface area is 127 Å². The molecule has 5 rings (SSSR count). The minimum absolute atomic E-state index is 0.418. The third kappa shape index (κ3) is 2.60. The number of nitrogens with one attached hydrogen (secondary N) is 1. The highest BCUT2D eigenvalue weighted by molar-refractivity contribution is 5.31. The zero-order chi connectivity index (χ0) is 14.3. The molecule has 2 heteroatoms. The normalized spacial score (nSPS) is 37.2. The van der Waals surface area contributed by atoms with E-state index in [-0.39, 0.29) is 0 Å². The van der Waals surface area contributed by atoms with Crippen molar-refractivity contribution >= 4 is 0 Å². The van der Waals surface area contributed by atoms with Crippen molar-refractivity contribution in [3.8, 4) is 6.07 Å². The zero-order valence-electron chi connectivity index (χ0n) is 12.6. The number of rotatable bonds is 3. The minimum atomic E-state index is 0.418. The maximum atomic E-state index is 8.88. The van der Waals surface area contributed by atoms with Gasteiger partial charge >= 0.3 is 0 Å². The lowest BCUT2D eigenvalue weighted by Gasteiger charge is -2.49. The number of nitrogens with zero attached hydrogens (tertiary/aromatic N) is 1. The van der Waals surface area contributed by atoms with Crippen molar-refractivity contribution in [1.29, 1.82) is 5.26 Å². The van der Waals surface area contributed by atoms with E-state index in [4.69, 9.17) is 5.26 Å². The van der Waals surface area contributed by atoms with Gasteiger partial charge in [0.05, 0.1) is 11.6 Å². The Morgan fingerprint density at radius 3 is 2.24 bits per heavy atom. The summed E-state index contributed by atoms with van der Waals surface area (Å²) in [4.78, 5) is 0. The Morgan fingerprint density at radius 2 is 1.62 bits per heavy atom. The maximum Gasteiger partial charge on any atom is 0.0991 e. The van der Waals surface area contributed by atoms with Gasteiger partial charge in [-0.05, 0) is 67.6 Å². The van der Waals surface area contributed by atoms with Gasteiger partial charge in [0.1, 0.15) is 0 Å². The first-order valence-electron chi connectivity index (χ1n) is 8.49. The van der Waals surface area contributed by atoms with E-state index in [0.29, 0.717) is 5.54 Å². The molecule has 1 aromatic rings. The SMILES string of the molecule is N#Cc1ccc(CNC23CC4CCC(CC(C4)C2)C3)cc1. The average Bonchev–Trinajstić information content (AvgIpc) is 2.72. The molecule has 2 atom stereocenters. The summed E-state index contributed by atoms with van der Waals surface area (Å²) >= 11 is 0. The van der Waals surface area contributed by atoms with Crippen LogP contribution in [-0.2, 0) is 6.54 Å². The topological polar surface area (TPSA) is 35.8 Å². The first-order valence-corrected chi connectivity index (χ1v) is 8.49. The fourth-order valence-electron chi connectivity index (χ4n) is 5.39. The van der Waals surface area contributed by atoms with Crippen molar-refractivity contribution in [2.75, 3.05) is 0 Å². The fourth-order valence-corrected chi connectivity index (χ4v) is 5.39. The van der Waals surface area contributed by atoms with E-state index >= 15 is 0 Å². The van der Waals surface area contributed by atoms with Gasteiger partial charge < -0.3 is 5.32 Å². The molecule has 4 fully saturated rings. The lowest BCUT2D eigenvalue weighted by Crippen LogP contribution is -2.53. The van der Waals surface area contributed by atoms with Crippen LogP contribution in [0.1, 0.15) is 56.1 Å². The Bertz CT molecular complexity index is 538. The first-order chi connectivity index (χ1) is 10.2. The average molecular weight is 280 g/mol. The molecule has 21 heavy (non-hydrogen) atoms. The molecule has 0 saturated heterocycles. The van der Waals surface area contributed by atoms with Gasteiger partial charge in [0, 0.05) is 12.1 Å². The zero-order valence-corrected chi connectivity index (χ0v) is 12.6. The Hall–Kier alpha value is -1.33. The monoisotopic (exact) mass is 280 g/mol. The van der Waals surface area contributed by atoms with Crippen LogP contribution in [0.5, 0.6) is 0 Å². The summed E-state index contributed by atoms with van der Waals surface area (Å²) in [5.74, 6) is 2.94. The second-order valence-corrected chi connectivity index (χ2v) is 7.70. The minimum Gasteiger partial charge on any atom is -0.307 e. The molecule has 0 radical (unpaired) electrons. The van der Waals surface area contributed by atoms with Crippen LogP contribution in [0.2, 0.25) is 0 Å². The van der Waals surface area contributed by atoms with Crippen molar-refractivity contribution in [2.24, 2.45) is 17.8 Å². The molecule has 0 aromatic heterocycles. The molecular weight excluding hydrogens is 256 g/mol. The van der Waals surface area contributed by atoms with Gasteiger partial charge in [-0.3, -0.25) is 0 Å². The first kappa shape index (κ1) is 13.3. The summed E-state index contributed by atoms with van der Waals surface area (Å²) in [6, 6.07) is 10.3. The molecule has 0 heterocycles. The van der Waals surface area contributed by atoms with E-state index in [2.05, 4.69) is 23.5 Å². The van der Waals surface area contributed by atoms with E-state index in [1.807, 2.05) is 12.1 Å². The molecule has 0 spiro atoms. The standard InChI is InChI=1S/C19H24N2/c20-12-14-1-3-15(4-2-14)13-21-19-9-16-5-6-17(10-19)8-18(7-16)11-19/h1-4,16-18,21H,5-11,13H2. The van der Waals surface area contributed by atoms with Gasteiger partial charge in [-0.1, -0.05) is 25.0 Å². The highest BCUT2D eigenvalue weighted by Crippen LogP contribution is 2.53. The van der Waals surface area contributed by atoms with E-state index < -0.39 is 0 Å². The fraction of sp³-hybridized carbons (Fsp3) is 0.632. The molecule has 4 saturated carbocycles. The van der Waals surface area contributed by atoms with Crippen LogP contribution in [-0.4, -0.2) is 5.54 Å². The van der Waals surface area contributed by atoms with Crippen molar-refractivity contribution < 1.29 is 0 Å². The number of fused-ring (bicyclic) bond motifs is 1. The van der Waals surface area contributed by atoms with Crippen LogP contribution >= 0.6 is 0 Å². The summed E-state index contributed by atoms with van der Waals surface area (Å²) in [6.45, 7) is 0.956. The van der Waals surface area contributed by atoms with Gasteiger partial charge in [0.25, 0.3) is 0 Å². The van der Waals surface area contributed by atoms with Gasteiger partial charge in [-0.15, -0.1) is 0 Å². The molecular formula is C19H24N2. The molecule has 2 unspecified atom stereocenters. The molecule has 110 valence electrons. The largest absolute Gasteiger partial charge is 0.307 e. The second-order valence-electron chi connectivity index (χ2n) is 7.70. The molecule has 2 nitrogen and oxygen atoms in total. The Kier molecular flexibility index (Phi) is 3.27.